The Morgan fingerprint density at radius 3 is 2.34 bits per heavy atom. The maximum absolute atomic E-state index is 13.2. The number of anilines is 2. The molecule has 4 aromatic rings. The number of imide groups is 1. The van der Waals surface area contributed by atoms with Crippen LogP contribution in [0.1, 0.15) is 72.8 Å². The minimum absolute atomic E-state index is 0.133. The van der Waals surface area contributed by atoms with Crippen LogP contribution in [0.4, 0.5) is 11.4 Å². The van der Waals surface area contributed by atoms with Gasteiger partial charge < -0.3 is 14.7 Å². The van der Waals surface area contributed by atoms with Gasteiger partial charge in [0.25, 0.3) is 11.5 Å². The van der Waals surface area contributed by atoms with Crippen molar-refractivity contribution in [3.63, 3.8) is 0 Å². The third kappa shape index (κ3) is 5.88. The fourth-order valence-corrected chi connectivity index (χ4v) is 9.66. The predicted octanol–water partition coefficient (Wildman–Crippen LogP) is 4.89. The van der Waals surface area contributed by atoms with E-state index in [4.69, 9.17) is 11.6 Å². The maximum Gasteiger partial charge on any atom is 0.282 e. The lowest BCUT2D eigenvalue weighted by Crippen LogP contribution is -2.53. The number of fused-ring (bicyclic) bond motifs is 6. The molecule has 2 atom stereocenters. The number of carbonyl (C=O) groups is 3. The van der Waals surface area contributed by atoms with Gasteiger partial charge in [-0.05, 0) is 90.8 Å². The lowest BCUT2D eigenvalue weighted by Gasteiger charge is -2.44. The van der Waals surface area contributed by atoms with Gasteiger partial charge >= 0.3 is 0 Å². The summed E-state index contributed by atoms with van der Waals surface area (Å²) in [7, 11) is 0. The number of nitrogens with zero attached hydrogens (tertiary/aromatic N) is 6. The second kappa shape index (κ2) is 13.3. The quantitative estimate of drug-likeness (QED) is 0.289. The number of nitrogens with one attached hydrogen (secondary N) is 1. The van der Waals surface area contributed by atoms with Gasteiger partial charge in [-0.15, -0.1) is 0 Å². The minimum atomic E-state index is -0.598. The average molecular weight is 734 g/mol. The van der Waals surface area contributed by atoms with Crippen LogP contribution in [0.3, 0.4) is 0 Å². The number of halogens is 1. The molecule has 11 nitrogen and oxygen atoms in total. The van der Waals surface area contributed by atoms with Crippen LogP contribution in [0, 0.1) is 5.92 Å². The van der Waals surface area contributed by atoms with E-state index in [1.165, 1.54) is 11.3 Å². The van der Waals surface area contributed by atoms with E-state index in [1.54, 1.807) is 11.0 Å². The first-order chi connectivity index (χ1) is 25.6. The van der Waals surface area contributed by atoms with Crippen molar-refractivity contribution in [3.05, 3.63) is 92.5 Å². The lowest BCUT2D eigenvalue weighted by atomic mass is 9.82. The number of hydrogen-bond acceptors (Lipinski definition) is 8. The van der Waals surface area contributed by atoms with Gasteiger partial charge in [0.1, 0.15) is 11.9 Å². The Hall–Kier alpha value is -4.74. The minimum Gasteiger partial charge on any atom is -0.371 e. The van der Waals surface area contributed by atoms with E-state index < -0.39 is 6.04 Å². The molecular weight excluding hydrogens is 690 g/mol. The number of piperidine rings is 2. The van der Waals surface area contributed by atoms with Crippen molar-refractivity contribution >= 4 is 51.6 Å². The summed E-state index contributed by atoms with van der Waals surface area (Å²) >= 11 is 6.50. The topological polar surface area (TPSA) is 111 Å². The third-order valence-electron chi connectivity index (χ3n) is 12.3. The average Bonchev–Trinajstić information content (AvgIpc) is 3.49. The molecule has 0 radical (unpaired) electrons. The molecule has 5 aliphatic heterocycles. The molecule has 0 spiro atoms. The summed E-state index contributed by atoms with van der Waals surface area (Å²) in [4.78, 5) is 64.0. The number of carbonyl (C=O) groups excluding carboxylic acids is 3. The van der Waals surface area contributed by atoms with Crippen molar-refractivity contribution in [1.82, 2.24) is 24.7 Å². The Balaban J connectivity index is 0.851. The van der Waals surface area contributed by atoms with E-state index in [0.29, 0.717) is 47.3 Å². The van der Waals surface area contributed by atoms with E-state index >= 15 is 0 Å². The van der Waals surface area contributed by atoms with Crippen molar-refractivity contribution in [1.29, 1.82) is 0 Å². The molecule has 5 aliphatic rings. The van der Waals surface area contributed by atoms with Crippen molar-refractivity contribution in [2.24, 2.45) is 5.92 Å². The second-order valence-electron chi connectivity index (χ2n) is 15.6. The molecule has 3 saturated heterocycles. The Morgan fingerprint density at radius 2 is 1.58 bits per heavy atom. The van der Waals surface area contributed by atoms with Crippen molar-refractivity contribution in [3.8, 4) is 5.69 Å². The van der Waals surface area contributed by atoms with E-state index in [1.807, 2.05) is 24.3 Å². The highest BCUT2D eigenvalue weighted by atomic mass is 35.5. The molecule has 3 amide bonds. The van der Waals surface area contributed by atoms with Gasteiger partial charge in [0, 0.05) is 81.6 Å². The SMILES string of the molecule is CC(C)C1Cc2nc(=O)c3c(Cl)cccc3n2-c2ccc(N3CCC(N4CCN(c5ccc6c(c5)CN(C5CCC(=O)NC5=O)C6=O)CC4)CC3)cc21. The van der Waals surface area contributed by atoms with Gasteiger partial charge in [0.15, 0.2) is 0 Å². The third-order valence-corrected chi connectivity index (χ3v) is 12.6. The van der Waals surface area contributed by atoms with Crippen LogP contribution in [0.2, 0.25) is 5.02 Å². The maximum atomic E-state index is 13.2. The molecule has 1 N–H and O–H groups in total. The molecule has 12 heteroatoms. The smallest absolute Gasteiger partial charge is 0.282 e. The van der Waals surface area contributed by atoms with Gasteiger partial charge in [-0.1, -0.05) is 31.5 Å². The van der Waals surface area contributed by atoms with Crippen LogP contribution < -0.4 is 20.7 Å². The Labute approximate surface area is 313 Å². The summed E-state index contributed by atoms with van der Waals surface area (Å²) in [5.41, 5.74) is 6.91. The summed E-state index contributed by atoms with van der Waals surface area (Å²) in [5.74, 6) is 0.664. The highest BCUT2D eigenvalue weighted by Crippen LogP contribution is 2.41. The zero-order valence-corrected chi connectivity index (χ0v) is 30.9. The first-order valence-electron chi connectivity index (χ1n) is 19.0. The number of hydrogen-bond donors (Lipinski definition) is 1. The van der Waals surface area contributed by atoms with E-state index in [2.05, 4.69) is 67.7 Å². The van der Waals surface area contributed by atoms with Crippen LogP contribution >= 0.6 is 11.6 Å². The largest absolute Gasteiger partial charge is 0.371 e. The molecule has 2 unspecified atom stereocenters. The second-order valence-corrected chi connectivity index (χ2v) is 16.0. The van der Waals surface area contributed by atoms with Crippen molar-refractivity contribution in [2.75, 3.05) is 49.1 Å². The fraction of sp³-hybridized carbons (Fsp3) is 0.439. The Bertz CT molecular complexity index is 2220. The van der Waals surface area contributed by atoms with Gasteiger partial charge in [-0.25, -0.2) is 0 Å². The first-order valence-corrected chi connectivity index (χ1v) is 19.4. The van der Waals surface area contributed by atoms with Crippen LogP contribution in [-0.4, -0.2) is 88.4 Å². The monoisotopic (exact) mass is 733 g/mol. The molecule has 3 aromatic carbocycles. The highest BCUT2D eigenvalue weighted by Gasteiger charge is 2.39. The standard InChI is InChI=1S/C41H44ClN7O4/c1-24(2)30-22-36-43-40(52)38-32(42)4-3-5-34(38)49(36)33-9-7-28(21-31(30)33)45-14-12-26(13-15-45)46-16-18-47(19-17-46)27-6-8-29-25(20-27)23-48(41(29)53)35-10-11-37(50)44-39(35)51/h3-9,20-21,24,26,30,35H,10-19,22-23H2,1-2H3,(H,44,50,51). The van der Waals surface area contributed by atoms with Crippen LogP contribution in [0.5, 0.6) is 0 Å². The fourth-order valence-electron chi connectivity index (χ4n) is 9.41. The van der Waals surface area contributed by atoms with E-state index in [0.717, 1.165) is 80.4 Å². The summed E-state index contributed by atoms with van der Waals surface area (Å²) in [6, 6.07) is 18.4. The molecule has 1 aromatic heterocycles. The molecule has 6 heterocycles. The van der Waals surface area contributed by atoms with Gasteiger partial charge in [0.2, 0.25) is 11.8 Å². The van der Waals surface area contributed by atoms with E-state index in [-0.39, 0.29) is 35.6 Å². The normalized spacial score (nSPS) is 22.3. The Morgan fingerprint density at radius 1 is 0.849 bits per heavy atom. The molecule has 9 rings (SSSR count). The zero-order valence-electron chi connectivity index (χ0n) is 30.2. The molecule has 53 heavy (non-hydrogen) atoms. The van der Waals surface area contributed by atoms with Crippen molar-refractivity contribution in [2.45, 2.75) is 70.5 Å². The van der Waals surface area contributed by atoms with Gasteiger partial charge in [-0.3, -0.25) is 34.0 Å². The number of rotatable bonds is 5. The molecule has 0 bridgehead atoms. The van der Waals surface area contributed by atoms with Crippen LogP contribution in [0.15, 0.2) is 59.4 Å². The molecule has 3 fully saturated rings. The van der Waals surface area contributed by atoms with Gasteiger partial charge in [-0.2, -0.15) is 4.98 Å². The van der Waals surface area contributed by atoms with Crippen LogP contribution in [-0.2, 0) is 22.6 Å². The molecule has 0 saturated carbocycles. The number of amides is 3. The van der Waals surface area contributed by atoms with E-state index in [9.17, 15) is 19.2 Å². The summed E-state index contributed by atoms with van der Waals surface area (Å²) in [6.07, 6.45) is 3.56. The Kier molecular flexibility index (Phi) is 8.53. The van der Waals surface area contributed by atoms with Crippen molar-refractivity contribution < 1.29 is 14.4 Å². The van der Waals surface area contributed by atoms with Crippen LogP contribution in [0.25, 0.3) is 16.6 Å². The number of piperazine rings is 1. The highest BCUT2D eigenvalue weighted by molar-refractivity contribution is 6.35. The molecular formula is C41H44ClN7O4. The summed E-state index contributed by atoms with van der Waals surface area (Å²) < 4.78 is 2.14. The number of benzene rings is 3. The first kappa shape index (κ1) is 34.1. The van der Waals surface area contributed by atoms with Gasteiger partial charge in [0.05, 0.1) is 21.6 Å². The number of aromatic nitrogens is 2. The summed E-state index contributed by atoms with van der Waals surface area (Å²) in [6.45, 7) is 10.7. The lowest BCUT2D eigenvalue weighted by molar-refractivity contribution is -0.136. The molecule has 274 valence electrons. The zero-order chi connectivity index (χ0) is 36.5. The summed E-state index contributed by atoms with van der Waals surface area (Å²) in [5, 5.41) is 3.29. The predicted molar refractivity (Wildman–Crippen MR) is 205 cm³/mol. The molecule has 0 aliphatic carbocycles.